The van der Waals surface area contributed by atoms with Crippen molar-refractivity contribution in [3.05, 3.63) is 24.3 Å². The molecular formula is C22H42NO3PS. The van der Waals surface area contributed by atoms with Gasteiger partial charge in [0, 0.05) is 0 Å². The van der Waals surface area contributed by atoms with Crippen LogP contribution in [0.2, 0.25) is 0 Å². The van der Waals surface area contributed by atoms with Gasteiger partial charge in [-0.3, -0.25) is 0 Å². The monoisotopic (exact) mass is 431 g/mol. The molecule has 0 atom stereocenters. The van der Waals surface area contributed by atoms with E-state index in [1.165, 1.54) is 0 Å². The minimum atomic E-state index is -3.81. The van der Waals surface area contributed by atoms with Crippen LogP contribution in [0.1, 0.15) is 79.1 Å². The normalized spacial score (nSPS) is 13.9. The Morgan fingerprint density at radius 3 is 1.43 bits per heavy atom. The van der Waals surface area contributed by atoms with Gasteiger partial charge in [-0.05, 0) is 0 Å². The van der Waals surface area contributed by atoms with Gasteiger partial charge in [-0.1, -0.05) is 0 Å². The van der Waals surface area contributed by atoms with E-state index >= 15 is 0 Å². The fourth-order valence-electron chi connectivity index (χ4n) is 4.01. The molecule has 0 amide bonds. The second-order valence-electron chi connectivity index (χ2n) is 8.26. The Bertz CT molecular complexity index is 630. The molecule has 0 aliphatic rings. The third-order valence-electron chi connectivity index (χ3n) is 5.79. The number of hydrogen-bond acceptors (Lipinski definition) is 4. The van der Waals surface area contributed by atoms with E-state index in [-0.39, 0.29) is 4.90 Å². The summed E-state index contributed by atoms with van der Waals surface area (Å²) in [5, 5.41) is 0. The van der Waals surface area contributed by atoms with E-state index in [1.54, 1.807) is 24.3 Å². The predicted octanol–water partition coefficient (Wildman–Crippen LogP) is 6.64. The average molecular weight is 432 g/mol. The van der Waals surface area contributed by atoms with Gasteiger partial charge in [0.1, 0.15) is 0 Å². The SMILES string of the molecule is CCCCP(CCCC)(CCCC)(CCCC)OS(=O)(=O)c1ccc(N)cc1. The molecule has 0 aliphatic heterocycles. The van der Waals surface area contributed by atoms with Crippen molar-refractivity contribution in [2.75, 3.05) is 30.4 Å². The molecule has 1 aromatic carbocycles. The molecule has 164 valence electrons. The van der Waals surface area contributed by atoms with Gasteiger partial charge in [-0.15, -0.1) is 0 Å². The third-order valence-corrected chi connectivity index (χ3v) is 14.9. The maximum absolute atomic E-state index is 13.4. The van der Waals surface area contributed by atoms with Crippen molar-refractivity contribution in [2.24, 2.45) is 0 Å². The minimum absolute atomic E-state index is 0.233. The molecule has 0 saturated heterocycles. The van der Waals surface area contributed by atoms with Gasteiger partial charge < -0.3 is 0 Å². The Balaban J connectivity index is 3.46. The van der Waals surface area contributed by atoms with Crippen LogP contribution < -0.4 is 5.73 Å². The fourth-order valence-corrected chi connectivity index (χ4v) is 14.0. The zero-order valence-corrected chi connectivity index (χ0v) is 20.2. The molecule has 28 heavy (non-hydrogen) atoms. The second kappa shape index (κ2) is 11.5. The zero-order valence-electron chi connectivity index (χ0n) is 18.5. The third kappa shape index (κ3) is 7.00. The predicted molar refractivity (Wildman–Crippen MR) is 125 cm³/mol. The number of anilines is 1. The standard InChI is InChI=1S/C22H42NO3PS/c1-5-9-17-27(18-10-6-2,19-11-7-3,20-12-8-4)26-28(24,25)22-15-13-21(23)14-16-22/h13-16H,5-12,17-20,23H2,1-4H3. The van der Waals surface area contributed by atoms with Gasteiger partial charge in [0.25, 0.3) is 0 Å². The van der Waals surface area contributed by atoms with Crippen molar-refractivity contribution in [3.8, 4) is 0 Å². The summed E-state index contributed by atoms with van der Waals surface area (Å²) in [6.07, 6.45) is 12.1. The van der Waals surface area contributed by atoms with Crippen LogP contribution in [0.3, 0.4) is 0 Å². The van der Waals surface area contributed by atoms with Crippen LogP contribution in [0.15, 0.2) is 29.2 Å². The molecule has 0 heterocycles. The van der Waals surface area contributed by atoms with Gasteiger partial charge in [0.2, 0.25) is 0 Å². The number of benzene rings is 1. The molecular weight excluding hydrogens is 389 g/mol. The van der Waals surface area contributed by atoms with Gasteiger partial charge in [0.05, 0.1) is 0 Å². The molecule has 0 saturated carbocycles. The molecule has 0 aromatic heterocycles. The fraction of sp³-hybridized carbons (Fsp3) is 0.727. The van der Waals surface area contributed by atoms with E-state index in [0.29, 0.717) is 5.69 Å². The average Bonchev–Trinajstić information content (AvgIpc) is 2.68. The van der Waals surface area contributed by atoms with Crippen LogP contribution in [0, 0.1) is 0 Å². The molecule has 6 heteroatoms. The van der Waals surface area contributed by atoms with Crippen molar-refractivity contribution in [1.29, 1.82) is 0 Å². The topological polar surface area (TPSA) is 69.4 Å². The number of unbranched alkanes of at least 4 members (excludes halogenated alkanes) is 4. The van der Waals surface area contributed by atoms with Crippen LogP contribution in [-0.4, -0.2) is 33.1 Å². The summed E-state index contributed by atoms with van der Waals surface area (Å²) in [7, 11) is -3.81. The van der Waals surface area contributed by atoms with Gasteiger partial charge in [-0.25, -0.2) is 0 Å². The Kier molecular flexibility index (Phi) is 10.4. The molecule has 1 rings (SSSR count). The second-order valence-corrected chi connectivity index (χ2v) is 15.7. The summed E-state index contributed by atoms with van der Waals surface area (Å²) < 4.78 is 33.3. The van der Waals surface area contributed by atoms with Crippen LogP contribution >= 0.6 is 6.83 Å². The number of nitrogen functional groups attached to an aromatic ring is 1. The van der Waals surface area contributed by atoms with Crippen molar-refractivity contribution in [2.45, 2.75) is 84.0 Å². The summed E-state index contributed by atoms with van der Waals surface area (Å²) in [6, 6.07) is 6.44. The first-order chi connectivity index (χ1) is 13.3. The van der Waals surface area contributed by atoms with E-state index in [2.05, 4.69) is 27.7 Å². The van der Waals surface area contributed by atoms with Crippen LogP contribution in [-0.2, 0) is 14.1 Å². The van der Waals surface area contributed by atoms with E-state index in [0.717, 1.165) is 76.0 Å². The quantitative estimate of drug-likeness (QED) is 0.249. The maximum atomic E-state index is 13.4. The van der Waals surface area contributed by atoms with Crippen molar-refractivity contribution in [3.63, 3.8) is 0 Å². The summed E-state index contributed by atoms with van der Waals surface area (Å²) in [5.74, 6) is 0. The van der Waals surface area contributed by atoms with Gasteiger partial charge in [0.15, 0.2) is 0 Å². The first kappa shape index (κ1) is 25.4. The van der Waals surface area contributed by atoms with Crippen LogP contribution in [0.4, 0.5) is 5.69 Å². The molecule has 4 nitrogen and oxygen atoms in total. The first-order valence-corrected chi connectivity index (χ1v) is 15.4. The molecule has 0 aliphatic carbocycles. The van der Waals surface area contributed by atoms with E-state index in [4.69, 9.17) is 9.70 Å². The van der Waals surface area contributed by atoms with E-state index < -0.39 is 16.9 Å². The molecule has 2 N–H and O–H groups in total. The summed E-state index contributed by atoms with van der Waals surface area (Å²) >= 11 is 0. The molecule has 0 unspecified atom stereocenters. The van der Waals surface area contributed by atoms with Crippen molar-refractivity contribution >= 4 is 22.6 Å². The molecule has 0 fully saturated rings. The summed E-state index contributed by atoms with van der Waals surface area (Å²) in [5.41, 5.74) is 6.32. The Morgan fingerprint density at radius 1 is 0.750 bits per heavy atom. The summed E-state index contributed by atoms with van der Waals surface area (Å²) in [4.78, 5) is 0.233. The molecule has 0 bridgehead atoms. The Hall–Kier alpha value is -0.640. The molecule has 0 radical (unpaired) electrons. The Labute approximate surface area is 173 Å². The number of rotatable bonds is 15. The summed E-state index contributed by atoms with van der Waals surface area (Å²) in [6.45, 7) is 5.84. The van der Waals surface area contributed by atoms with Gasteiger partial charge in [-0.2, -0.15) is 0 Å². The molecule has 0 spiro atoms. The van der Waals surface area contributed by atoms with E-state index in [9.17, 15) is 8.42 Å². The van der Waals surface area contributed by atoms with Gasteiger partial charge >= 0.3 is 174 Å². The van der Waals surface area contributed by atoms with Crippen LogP contribution in [0.25, 0.3) is 0 Å². The number of hydrogen-bond donors (Lipinski definition) is 1. The number of nitrogens with two attached hydrogens (primary N) is 1. The molecule has 1 aromatic rings. The van der Waals surface area contributed by atoms with Crippen molar-refractivity contribution in [1.82, 2.24) is 0 Å². The van der Waals surface area contributed by atoms with Crippen molar-refractivity contribution < 1.29 is 12.4 Å². The van der Waals surface area contributed by atoms with E-state index in [1.807, 2.05) is 0 Å². The first-order valence-electron chi connectivity index (χ1n) is 11.1. The van der Waals surface area contributed by atoms with Crippen LogP contribution in [0.5, 0.6) is 0 Å². The zero-order chi connectivity index (χ0) is 21.1. The Morgan fingerprint density at radius 2 is 1.11 bits per heavy atom.